The Balaban J connectivity index is 1.64. The van der Waals surface area contributed by atoms with Crippen molar-refractivity contribution in [1.29, 1.82) is 0 Å². The standard InChI is InChI=1S/C22H28F4/c1-13-3-6-16(7-4-13)20(24)21(25)17-10-8-15(9-11-17)18-12-5-14(2)19(23)22(18)26/h5,12-13,15-17H,3-4,6-11H2,1-2H3/b21-20+. The highest BCUT2D eigenvalue weighted by Gasteiger charge is 2.32. The first kappa shape index (κ1) is 19.4. The molecule has 1 aromatic carbocycles. The first-order valence-electron chi connectivity index (χ1n) is 9.88. The Kier molecular flexibility index (Phi) is 6.09. The first-order chi connectivity index (χ1) is 12.4. The molecule has 4 heteroatoms. The van der Waals surface area contributed by atoms with Crippen LogP contribution < -0.4 is 0 Å². The average molecular weight is 368 g/mol. The van der Waals surface area contributed by atoms with E-state index < -0.39 is 29.2 Å². The van der Waals surface area contributed by atoms with Crippen LogP contribution >= 0.6 is 0 Å². The van der Waals surface area contributed by atoms with E-state index in [1.54, 1.807) is 12.1 Å². The van der Waals surface area contributed by atoms with Crippen LogP contribution in [-0.2, 0) is 0 Å². The van der Waals surface area contributed by atoms with Crippen LogP contribution in [0.2, 0.25) is 0 Å². The second-order valence-electron chi connectivity index (χ2n) is 8.30. The third kappa shape index (κ3) is 3.99. The van der Waals surface area contributed by atoms with E-state index in [1.165, 1.54) is 6.92 Å². The lowest BCUT2D eigenvalue weighted by Gasteiger charge is -2.30. The van der Waals surface area contributed by atoms with E-state index in [0.29, 0.717) is 37.2 Å². The Hall–Kier alpha value is -1.32. The third-order valence-electron chi connectivity index (χ3n) is 6.43. The molecule has 0 saturated heterocycles. The van der Waals surface area contributed by atoms with Crippen LogP contribution in [0.15, 0.2) is 23.8 Å². The largest absolute Gasteiger partial charge is 0.209 e. The molecule has 1 aromatic rings. The van der Waals surface area contributed by atoms with Gasteiger partial charge in [0.1, 0.15) is 11.7 Å². The molecular weight excluding hydrogens is 340 g/mol. The van der Waals surface area contributed by atoms with Gasteiger partial charge in [-0.15, -0.1) is 0 Å². The molecule has 26 heavy (non-hydrogen) atoms. The quantitative estimate of drug-likeness (QED) is 0.484. The van der Waals surface area contributed by atoms with E-state index in [4.69, 9.17) is 0 Å². The predicted octanol–water partition coefficient (Wildman–Crippen LogP) is 7.52. The zero-order valence-electron chi connectivity index (χ0n) is 15.6. The Morgan fingerprint density at radius 2 is 1.27 bits per heavy atom. The lowest BCUT2D eigenvalue weighted by Crippen LogP contribution is -2.18. The number of halogens is 4. The number of allylic oxidation sites excluding steroid dienone is 2. The van der Waals surface area contributed by atoms with Crippen molar-refractivity contribution in [3.05, 3.63) is 46.5 Å². The van der Waals surface area contributed by atoms with Gasteiger partial charge in [0.2, 0.25) is 0 Å². The molecule has 0 N–H and O–H groups in total. The molecule has 0 atom stereocenters. The van der Waals surface area contributed by atoms with Gasteiger partial charge in [0.15, 0.2) is 11.6 Å². The molecule has 2 saturated carbocycles. The summed E-state index contributed by atoms with van der Waals surface area (Å²) in [4.78, 5) is 0. The highest BCUT2D eigenvalue weighted by atomic mass is 19.2. The lowest BCUT2D eigenvalue weighted by atomic mass is 9.76. The highest BCUT2D eigenvalue weighted by molar-refractivity contribution is 5.28. The van der Waals surface area contributed by atoms with Crippen molar-refractivity contribution in [3.63, 3.8) is 0 Å². The SMILES string of the molecule is Cc1ccc(C2CCC(/C(F)=C(\F)C3CCC(C)CC3)CC2)c(F)c1F. The van der Waals surface area contributed by atoms with Crippen molar-refractivity contribution in [2.45, 2.75) is 71.1 Å². The normalized spacial score (nSPS) is 30.8. The Morgan fingerprint density at radius 3 is 1.81 bits per heavy atom. The summed E-state index contributed by atoms with van der Waals surface area (Å²) in [5, 5.41) is 0. The number of rotatable bonds is 3. The van der Waals surface area contributed by atoms with Crippen LogP contribution in [0.4, 0.5) is 17.6 Å². The summed E-state index contributed by atoms with van der Waals surface area (Å²) in [5.41, 5.74) is 0.662. The van der Waals surface area contributed by atoms with Gasteiger partial charge in [-0.25, -0.2) is 17.6 Å². The number of aryl methyl sites for hydroxylation is 1. The summed E-state index contributed by atoms with van der Waals surface area (Å²) < 4.78 is 57.2. The van der Waals surface area contributed by atoms with Gasteiger partial charge >= 0.3 is 0 Å². The molecule has 0 heterocycles. The molecule has 2 fully saturated rings. The van der Waals surface area contributed by atoms with Crippen molar-refractivity contribution < 1.29 is 17.6 Å². The van der Waals surface area contributed by atoms with Gasteiger partial charge in [0.25, 0.3) is 0 Å². The van der Waals surface area contributed by atoms with Crippen molar-refractivity contribution in [3.8, 4) is 0 Å². The van der Waals surface area contributed by atoms with E-state index in [1.807, 2.05) is 0 Å². The summed E-state index contributed by atoms with van der Waals surface area (Å²) >= 11 is 0. The fraction of sp³-hybridized carbons (Fsp3) is 0.636. The van der Waals surface area contributed by atoms with Crippen molar-refractivity contribution in [2.24, 2.45) is 17.8 Å². The molecule has 2 aliphatic carbocycles. The van der Waals surface area contributed by atoms with Gasteiger partial charge in [-0.2, -0.15) is 0 Å². The van der Waals surface area contributed by atoms with Crippen LogP contribution in [0.25, 0.3) is 0 Å². The number of hydrogen-bond donors (Lipinski definition) is 0. The van der Waals surface area contributed by atoms with Gasteiger partial charge in [0, 0.05) is 11.8 Å². The monoisotopic (exact) mass is 368 g/mol. The smallest absolute Gasteiger partial charge is 0.162 e. The van der Waals surface area contributed by atoms with E-state index in [-0.39, 0.29) is 17.4 Å². The zero-order chi connectivity index (χ0) is 18.8. The van der Waals surface area contributed by atoms with Crippen molar-refractivity contribution in [2.75, 3.05) is 0 Å². The molecule has 0 bridgehead atoms. The summed E-state index contributed by atoms with van der Waals surface area (Å²) in [5.74, 6) is -2.92. The van der Waals surface area contributed by atoms with Crippen molar-refractivity contribution in [1.82, 2.24) is 0 Å². The summed E-state index contributed by atoms with van der Waals surface area (Å²) in [7, 11) is 0. The number of benzene rings is 1. The fourth-order valence-corrected chi connectivity index (χ4v) is 4.54. The van der Waals surface area contributed by atoms with Crippen LogP contribution in [0.3, 0.4) is 0 Å². The van der Waals surface area contributed by atoms with E-state index in [0.717, 1.165) is 25.7 Å². The molecule has 3 rings (SSSR count). The molecule has 0 aliphatic heterocycles. The summed E-state index contributed by atoms with van der Waals surface area (Å²) in [6.07, 6.45) is 5.46. The zero-order valence-corrected chi connectivity index (χ0v) is 15.6. The van der Waals surface area contributed by atoms with Gasteiger partial charge in [-0.1, -0.05) is 31.9 Å². The molecule has 0 aromatic heterocycles. The minimum Gasteiger partial charge on any atom is -0.209 e. The van der Waals surface area contributed by atoms with Crippen LogP contribution in [0.5, 0.6) is 0 Å². The van der Waals surface area contributed by atoms with E-state index in [2.05, 4.69) is 6.92 Å². The van der Waals surface area contributed by atoms with Gasteiger partial charge in [-0.05, 0) is 68.4 Å². The Labute approximate surface area is 153 Å². The van der Waals surface area contributed by atoms with Crippen LogP contribution in [0, 0.1) is 36.3 Å². The molecule has 0 nitrogen and oxygen atoms in total. The minimum absolute atomic E-state index is 0.118. The first-order valence-corrected chi connectivity index (χ1v) is 9.88. The highest BCUT2D eigenvalue weighted by Crippen LogP contribution is 2.43. The maximum absolute atomic E-state index is 14.7. The lowest BCUT2D eigenvalue weighted by molar-refractivity contribution is 0.255. The Bertz CT molecular complexity index is 663. The van der Waals surface area contributed by atoms with Crippen LogP contribution in [0.1, 0.15) is 75.3 Å². The van der Waals surface area contributed by atoms with E-state index >= 15 is 0 Å². The second kappa shape index (κ2) is 8.14. The maximum Gasteiger partial charge on any atom is 0.162 e. The molecule has 2 aliphatic rings. The maximum atomic E-state index is 14.7. The van der Waals surface area contributed by atoms with Gasteiger partial charge in [-0.3, -0.25) is 0 Å². The molecular formula is C22H28F4. The molecule has 0 spiro atoms. The topological polar surface area (TPSA) is 0 Å². The molecule has 0 amide bonds. The minimum atomic E-state index is -0.798. The fourth-order valence-electron chi connectivity index (χ4n) is 4.54. The second-order valence-corrected chi connectivity index (χ2v) is 8.30. The molecule has 0 radical (unpaired) electrons. The third-order valence-corrected chi connectivity index (χ3v) is 6.43. The molecule has 0 unspecified atom stereocenters. The van der Waals surface area contributed by atoms with Gasteiger partial charge in [0.05, 0.1) is 0 Å². The van der Waals surface area contributed by atoms with Crippen molar-refractivity contribution >= 4 is 0 Å². The predicted molar refractivity (Wildman–Crippen MR) is 96.2 cm³/mol. The Morgan fingerprint density at radius 1 is 0.769 bits per heavy atom. The summed E-state index contributed by atoms with van der Waals surface area (Å²) in [6, 6.07) is 3.22. The average Bonchev–Trinajstić information content (AvgIpc) is 2.66. The molecule has 144 valence electrons. The summed E-state index contributed by atoms with van der Waals surface area (Å²) in [6.45, 7) is 3.69. The van der Waals surface area contributed by atoms with Gasteiger partial charge < -0.3 is 0 Å². The van der Waals surface area contributed by atoms with E-state index in [9.17, 15) is 17.6 Å². The van der Waals surface area contributed by atoms with Crippen LogP contribution in [-0.4, -0.2) is 0 Å². The number of hydrogen-bond acceptors (Lipinski definition) is 0.